The smallest absolute Gasteiger partial charge is 0.413 e. The Morgan fingerprint density at radius 1 is 1.30 bits per heavy atom. The quantitative estimate of drug-likeness (QED) is 0.883. The van der Waals surface area contributed by atoms with E-state index in [1.165, 1.54) is 18.2 Å². The first kappa shape index (κ1) is 16.9. The molecule has 0 aliphatic heterocycles. The second-order valence-electron chi connectivity index (χ2n) is 5.61. The van der Waals surface area contributed by atoms with Crippen LogP contribution in [0.15, 0.2) is 24.3 Å². The molecule has 0 unspecified atom stereocenters. The average molecular weight is 338 g/mol. The molecule has 0 bridgehead atoms. The van der Waals surface area contributed by atoms with Crippen LogP contribution < -0.4 is 5.32 Å². The summed E-state index contributed by atoms with van der Waals surface area (Å²) in [7, 11) is 0. The average Bonchev–Trinajstić information content (AvgIpc) is 2.80. The van der Waals surface area contributed by atoms with Crippen molar-refractivity contribution < 1.29 is 23.8 Å². The molecule has 1 heterocycles. The Morgan fingerprint density at radius 2 is 1.96 bits per heavy atom. The van der Waals surface area contributed by atoms with Crippen molar-refractivity contribution in [2.24, 2.45) is 0 Å². The summed E-state index contributed by atoms with van der Waals surface area (Å²) in [6, 6.07) is 5.76. The van der Waals surface area contributed by atoms with E-state index in [1.807, 2.05) is 0 Å². The van der Waals surface area contributed by atoms with Crippen LogP contribution >= 0.6 is 11.3 Å². The second-order valence-corrected chi connectivity index (χ2v) is 6.61. The molecule has 1 amide bonds. The summed E-state index contributed by atoms with van der Waals surface area (Å²) in [5.41, 5.74) is -0.920. The van der Waals surface area contributed by atoms with Crippen LogP contribution in [0.25, 0.3) is 10.4 Å². The van der Waals surface area contributed by atoms with E-state index >= 15 is 0 Å². The van der Waals surface area contributed by atoms with Crippen molar-refractivity contribution >= 4 is 28.5 Å². The summed E-state index contributed by atoms with van der Waals surface area (Å²) < 4.78 is 19.0. The van der Waals surface area contributed by atoms with Crippen molar-refractivity contribution in [1.82, 2.24) is 4.98 Å². The van der Waals surface area contributed by atoms with E-state index in [0.29, 0.717) is 0 Å². The summed E-state index contributed by atoms with van der Waals surface area (Å²) in [6.07, 6.45) is -0.761. The first-order chi connectivity index (χ1) is 10.7. The van der Waals surface area contributed by atoms with Crippen LogP contribution in [-0.2, 0) is 4.74 Å². The van der Waals surface area contributed by atoms with Gasteiger partial charge in [0.1, 0.15) is 11.4 Å². The predicted molar refractivity (Wildman–Crippen MR) is 84.3 cm³/mol. The van der Waals surface area contributed by atoms with Gasteiger partial charge in [0.05, 0.1) is 4.88 Å². The van der Waals surface area contributed by atoms with Crippen LogP contribution in [0.3, 0.4) is 0 Å². The molecule has 2 N–H and O–H groups in total. The molecule has 0 saturated carbocycles. The Hall–Kier alpha value is -2.48. The van der Waals surface area contributed by atoms with Gasteiger partial charge in [0.2, 0.25) is 0 Å². The van der Waals surface area contributed by atoms with Gasteiger partial charge in [-0.1, -0.05) is 29.5 Å². The molecule has 0 spiro atoms. The number of carboxylic acids is 1. The summed E-state index contributed by atoms with van der Waals surface area (Å²) in [5, 5.41) is 11.6. The molecule has 122 valence electrons. The third kappa shape index (κ3) is 4.26. The predicted octanol–water partition coefficient (Wildman–Crippen LogP) is 3.99. The van der Waals surface area contributed by atoms with Crippen molar-refractivity contribution in [3.63, 3.8) is 0 Å². The van der Waals surface area contributed by atoms with Crippen molar-refractivity contribution in [1.29, 1.82) is 0 Å². The van der Waals surface area contributed by atoms with Crippen molar-refractivity contribution in [3.8, 4) is 10.4 Å². The Morgan fingerprint density at radius 3 is 2.52 bits per heavy atom. The Kier molecular flexibility index (Phi) is 4.65. The topological polar surface area (TPSA) is 88.5 Å². The third-order valence-electron chi connectivity index (χ3n) is 2.56. The molecule has 0 atom stereocenters. The highest BCUT2D eigenvalue weighted by atomic mass is 32.1. The maximum atomic E-state index is 13.9. The molecule has 0 radical (unpaired) electrons. The monoisotopic (exact) mass is 338 g/mol. The number of aromatic carboxylic acids is 1. The zero-order valence-corrected chi connectivity index (χ0v) is 13.5. The highest BCUT2D eigenvalue weighted by Crippen LogP contribution is 2.34. The van der Waals surface area contributed by atoms with E-state index in [2.05, 4.69) is 10.3 Å². The van der Waals surface area contributed by atoms with Gasteiger partial charge in [0.25, 0.3) is 0 Å². The van der Waals surface area contributed by atoms with Crippen LogP contribution in [0.2, 0.25) is 0 Å². The fourth-order valence-electron chi connectivity index (χ4n) is 1.74. The van der Waals surface area contributed by atoms with Crippen LogP contribution in [0.5, 0.6) is 0 Å². The number of anilines is 1. The zero-order chi connectivity index (χ0) is 17.2. The number of nitrogens with one attached hydrogen (secondary N) is 1. The molecule has 1 aromatic carbocycles. The number of rotatable bonds is 3. The number of thiazole rings is 1. The number of benzene rings is 1. The van der Waals surface area contributed by atoms with Crippen molar-refractivity contribution in [3.05, 3.63) is 35.8 Å². The highest BCUT2D eigenvalue weighted by molar-refractivity contribution is 7.19. The van der Waals surface area contributed by atoms with Crippen LogP contribution in [0.4, 0.5) is 14.3 Å². The number of amides is 1. The molecule has 0 aliphatic rings. The number of hydrogen-bond acceptors (Lipinski definition) is 5. The van der Waals surface area contributed by atoms with E-state index in [9.17, 15) is 19.1 Å². The molecular formula is C15H15FN2O4S. The Bertz CT molecular complexity index is 752. The number of carbonyl (C=O) groups is 2. The molecule has 2 aromatic rings. The van der Waals surface area contributed by atoms with E-state index in [1.54, 1.807) is 26.8 Å². The first-order valence-electron chi connectivity index (χ1n) is 6.66. The molecule has 2 rings (SSSR count). The summed E-state index contributed by atoms with van der Waals surface area (Å²) >= 11 is 0.866. The Labute approximate surface area is 135 Å². The minimum absolute atomic E-state index is 0.0231. The summed E-state index contributed by atoms with van der Waals surface area (Å²) in [6.45, 7) is 5.09. The van der Waals surface area contributed by atoms with Gasteiger partial charge in [0, 0.05) is 5.56 Å². The maximum Gasteiger partial charge on any atom is 0.413 e. The molecular weight excluding hydrogens is 323 g/mol. The van der Waals surface area contributed by atoms with E-state index in [-0.39, 0.29) is 21.3 Å². The molecule has 0 fully saturated rings. The lowest BCUT2D eigenvalue weighted by Crippen LogP contribution is -2.27. The van der Waals surface area contributed by atoms with Gasteiger partial charge in [-0.15, -0.1) is 0 Å². The van der Waals surface area contributed by atoms with Gasteiger partial charge in [-0.05, 0) is 26.8 Å². The molecule has 1 aromatic heterocycles. The van der Waals surface area contributed by atoms with Gasteiger partial charge in [0.15, 0.2) is 10.8 Å². The molecule has 0 aliphatic carbocycles. The Balaban J connectivity index is 2.35. The van der Waals surface area contributed by atoms with Gasteiger partial charge >= 0.3 is 12.1 Å². The van der Waals surface area contributed by atoms with Gasteiger partial charge < -0.3 is 9.84 Å². The van der Waals surface area contributed by atoms with Crippen molar-refractivity contribution in [2.75, 3.05) is 5.32 Å². The van der Waals surface area contributed by atoms with Crippen LogP contribution in [0.1, 0.15) is 31.3 Å². The highest BCUT2D eigenvalue weighted by Gasteiger charge is 2.23. The number of ether oxygens (including phenoxy) is 1. The third-order valence-corrected chi connectivity index (χ3v) is 3.56. The van der Waals surface area contributed by atoms with Gasteiger partial charge in [-0.2, -0.15) is 0 Å². The molecule has 8 heteroatoms. The zero-order valence-electron chi connectivity index (χ0n) is 12.7. The minimum Gasteiger partial charge on any atom is -0.476 e. The van der Waals surface area contributed by atoms with E-state index in [4.69, 9.17) is 4.74 Å². The normalized spacial score (nSPS) is 11.1. The minimum atomic E-state index is -1.31. The van der Waals surface area contributed by atoms with Crippen LogP contribution in [0, 0.1) is 5.82 Å². The lowest BCUT2D eigenvalue weighted by Gasteiger charge is -2.18. The van der Waals surface area contributed by atoms with Gasteiger partial charge in [-0.3, -0.25) is 5.32 Å². The second kappa shape index (κ2) is 6.33. The fourth-order valence-corrected chi connectivity index (χ4v) is 2.71. The van der Waals surface area contributed by atoms with Crippen molar-refractivity contribution in [2.45, 2.75) is 26.4 Å². The van der Waals surface area contributed by atoms with Gasteiger partial charge in [-0.25, -0.2) is 19.0 Å². The van der Waals surface area contributed by atoms with E-state index < -0.39 is 23.5 Å². The largest absolute Gasteiger partial charge is 0.476 e. The van der Waals surface area contributed by atoms with Crippen LogP contribution in [-0.4, -0.2) is 27.8 Å². The number of nitrogens with zero attached hydrogens (tertiary/aromatic N) is 1. The summed E-state index contributed by atoms with van der Waals surface area (Å²) in [5.74, 6) is -1.88. The maximum absolute atomic E-state index is 13.9. The SMILES string of the molecule is CC(C)(C)OC(=O)Nc1nc(C(=O)O)c(-c2ccccc2F)s1. The number of aromatic nitrogens is 1. The number of carboxylic acid groups (broad SMARTS) is 1. The number of carbonyl (C=O) groups excluding carboxylic acids is 1. The number of hydrogen-bond donors (Lipinski definition) is 2. The fraction of sp³-hybridized carbons (Fsp3) is 0.267. The van der Waals surface area contributed by atoms with E-state index in [0.717, 1.165) is 11.3 Å². The molecule has 6 nitrogen and oxygen atoms in total. The molecule has 23 heavy (non-hydrogen) atoms. The lowest BCUT2D eigenvalue weighted by atomic mass is 10.1. The summed E-state index contributed by atoms with van der Waals surface area (Å²) in [4.78, 5) is 27.0. The first-order valence-corrected chi connectivity index (χ1v) is 7.48. The standard InChI is InChI=1S/C15H15FN2O4S/c1-15(2,3)22-14(21)18-13-17-10(12(19)20)11(23-13)8-6-4-5-7-9(8)16/h4-7H,1-3H3,(H,19,20)(H,17,18,21). The lowest BCUT2D eigenvalue weighted by molar-refractivity contribution is 0.0632. The number of halogens is 1. The molecule has 0 saturated heterocycles.